The molecule has 1 atom stereocenters. The molecule has 1 saturated heterocycles. The molecule has 1 saturated carbocycles. The second-order valence-electron chi connectivity index (χ2n) is 8.61. The van der Waals surface area contributed by atoms with E-state index in [-0.39, 0.29) is 17.7 Å². The fourth-order valence-corrected chi connectivity index (χ4v) is 5.02. The van der Waals surface area contributed by atoms with Crippen LogP contribution < -0.4 is 10.1 Å². The maximum atomic E-state index is 13.0. The van der Waals surface area contributed by atoms with Gasteiger partial charge >= 0.3 is 0 Å². The van der Waals surface area contributed by atoms with Crippen LogP contribution in [0, 0.1) is 5.92 Å². The Bertz CT molecular complexity index is 902. The molecule has 1 N–H and O–H groups in total. The summed E-state index contributed by atoms with van der Waals surface area (Å²) in [5, 5.41) is 5.35. The lowest BCUT2D eigenvalue weighted by Crippen LogP contribution is -2.49. The number of nitrogens with zero attached hydrogens (tertiary/aromatic N) is 1. The summed E-state index contributed by atoms with van der Waals surface area (Å²) < 4.78 is 5.55. The topological polar surface area (TPSA) is 58.6 Å². The van der Waals surface area contributed by atoms with Gasteiger partial charge in [-0.15, -0.1) is 0 Å². The van der Waals surface area contributed by atoms with E-state index in [1.807, 2.05) is 29.2 Å². The lowest BCUT2D eigenvalue weighted by molar-refractivity contribution is -0.141. The minimum absolute atomic E-state index is 0.0381. The van der Waals surface area contributed by atoms with Crippen LogP contribution in [0.2, 0.25) is 0 Å². The van der Waals surface area contributed by atoms with E-state index >= 15 is 0 Å². The minimum atomic E-state index is -0.132. The number of carbonyl (C=O) groups is 2. The van der Waals surface area contributed by atoms with Gasteiger partial charge in [0.15, 0.2) is 0 Å². The quantitative estimate of drug-likeness (QED) is 0.745. The van der Waals surface area contributed by atoms with Crippen LogP contribution in [-0.4, -0.2) is 36.4 Å². The lowest BCUT2D eigenvalue weighted by atomic mass is 9.93. The number of hydrogen-bond acceptors (Lipinski definition) is 3. The predicted octanol–water partition coefficient (Wildman–Crippen LogP) is 4.43. The highest BCUT2D eigenvalue weighted by molar-refractivity contribution is 5.89. The van der Waals surface area contributed by atoms with Crippen molar-refractivity contribution in [3.8, 4) is 5.75 Å². The Morgan fingerprint density at radius 1 is 1.07 bits per heavy atom. The third-order valence-electron chi connectivity index (χ3n) is 6.74. The zero-order chi connectivity index (χ0) is 20.9. The second-order valence-corrected chi connectivity index (χ2v) is 8.61. The SMILES string of the molecule is COc1ccc2ccccc2c1CNC(=O)C1CCC(=O)N(C2CCCCCC2)C1. The van der Waals surface area contributed by atoms with Gasteiger partial charge in [0.2, 0.25) is 11.8 Å². The first kappa shape index (κ1) is 20.7. The molecule has 2 aromatic carbocycles. The van der Waals surface area contributed by atoms with E-state index < -0.39 is 0 Å². The number of likely N-dealkylation sites (tertiary alicyclic amines) is 1. The Morgan fingerprint density at radius 3 is 2.60 bits per heavy atom. The normalized spacial score (nSPS) is 20.8. The third kappa shape index (κ3) is 4.45. The Kier molecular flexibility index (Phi) is 6.56. The molecule has 5 heteroatoms. The highest BCUT2D eigenvalue weighted by atomic mass is 16.5. The van der Waals surface area contributed by atoms with Gasteiger partial charge in [-0.1, -0.05) is 56.0 Å². The van der Waals surface area contributed by atoms with Crippen LogP contribution in [-0.2, 0) is 16.1 Å². The van der Waals surface area contributed by atoms with E-state index in [1.54, 1.807) is 7.11 Å². The van der Waals surface area contributed by atoms with Gasteiger partial charge in [0, 0.05) is 31.1 Å². The molecule has 0 spiro atoms. The van der Waals surface area contributed by atoms with Crippen molar-refractivity contribution in [1.82, 2.24) is 10.2 Å². The Labute approximate surface area is 178 Å². The van der Waals surface area contributed by atoms with E-state index in [1.165, 1.54) is 25.7 Å². The molecule has 4 rings (SSSR count). The van der Waals surface area contributed by atoms with E-state index in [4.69, 9.17) is 4.74 Å². The zero-order valence-corrected chi connectivity index (χ0v) is 17.9. The number of hydrogen-bond donors (Lipinski definition) is 1. The van der Waals surface area contributed by atoms with Gasteiger partial charge in [-0.05, 0) is 36.1 Å². The van der Waals surface area contributed by atoms with Crippen LogP contribution >= 0.6 is 0 Å². The van der Waals surface area contributed by atoms with Gasteiger partial charge in [0.25, 0.3) is 0 Å². The van der Waals surface area contributed by atoms with Gasteiger partial charge in [-0.2, -0.15) is 0 Å². The summed E-state index contributed by atoms with van der Waals surface area (Å²) in [4.78, 5) is 27.6. The first-order valence-electron chi connectivity index (χ1n) is 11.3. The van der Waals surface area contributed by atoms with Crippen LogP contribution in [0.3, 0.4) is 0 Å². The summed E-state index contributed by atoms with van der Waals surface area (Å²) in [6.45, 7) is 0.985. The summed E-state index contributed by atoms with van der Waals surface area (Å²) >= 11 is 0. The third-order valence-corrected chi connectivity index (χ3v) is 6.74. The van der Waals surface area contributed by atoms with Crippen LogP contribution in [0.1, 0.15) is 56.9 Å². The number of carbonyl (C=O) groups excluding carboxylic acids is 2. The van der Waals surface area contributed by atoms with Crippen LogP contribution in [0.4, 0.5) is 0 Å². The standard InChI is InChI=1S/C25H32N2O3/c1-30-23-14-12-18-8-6-7-11-21(18)22(23)16-26-25(29)19-13-15-24(28)27(17-19)20-9-4-2-3-5-10-20/h6-8,11-12,14,19-20H,2-5,9-10,13,15-17H2,1H3,(H,26,29). The van der Waals surface area contributed by atoms with E-state index in [9.17, 15) is 9.59 Å². The highest BCUT2D eigenvalue weighted by Gasteiger charge is 2.34. The fourth-order valence-electron chi connectivity index (χ4n) is 5.02. The van der Waals surface area contributed by atoms with Gasteiger partial charge < -0.3 is 15.0 Å². The van der Waals surface area contributed by atoms with Crippen molar-refractivity contribution in [2.75, 3.05) is 13.7 Å². The number of amides is 2. The summed E-state index contributed by atoms with van der Waals surface area (Å²) in [5.74, 6) is 0.914. The summed E-state index contributed by atoms with van der Waals surface area (Å²) in [5.41, 5.74) is 0.997. The molecule has 1 unspecified atom stereocenters. The Balaban J connectivity index is 1.44. The largest absolute Gasteiger partial charge is 0.496 e. The molecule has 2 aromatic rings. The molecule has 2 aliphatic rings. The van der Waals surface area contributed by atoms with E-state index in [2.05, 4.69) is 17.4 Å². The first-order valence-corrected chi connectivity index (χ1v) is 11.3. The van der Waals surface area contributed by atoms with Gasteiger partial charge in [-0.25, -0.2) is 0 Å². The summed E-state index contributed by atoms with van der Waals surface area (Å²) in [7, 11) is 1.66. The minimum Gasteiger partial charge on any atom is -0.496 e. The molecule has 5 nitrogen and oxygen atoms in total. The number of ether oxygens (including phenoxy) is 1. The van der Waals surface area contributed by atoms with Crippen molar-refractivity contribution in [1.29, 1.82) is 0 Å². The Morgan fingerprint density at radius 2 is 1.83 bits per heavy atom. The molecular weight excluding hydrogens is 376 g/mol. The van der Waals surface area contributed by atoms with Crippen molar-refractivity contribution >= 4 is 22.6 Å². The molecular formula is C25H32N2O3. The fraction of sp³-hybridized carbons (Fsp3) is 0.520. The molecule has 1 aliphatic heterocycles. The van der Waals surface area contributed by atoms with Gasteiger partial charge in [-0.3, -0.25) is 9.59 Å². The maximum Gasteiger partial charge on any atom is 0.225 e. The van der Waals surface area contributed by atoms with Crippen molar-refractivity contribution in [2.24, 2.45) is 5.92 Å². The number of methoxy groups -OCH3 is 1. The average Bonchev–Trinajstić information content (AvgIpc) is 3.07. The van der Waals surface area contributed by atoms with Crippen molar-refractivity contribution in [2.45, 2.75) is 64.0 Å². The first-order chi connectivity index (χ1) is 14.7. The number of benzene rings is 2. The number of fused-ring (bicyclic) bond motifs is 1. The van der Waals surface area contributed by atoms with Crippen molar-refractivity contribution in [3.05, 3.63) is 42.0 Å². The van der Waals surface area contributed by atoms with Crippen LogP contribution in [0.5, 0.6) is 5.75 Å². The average molecular weight is 409 g/mol. The van der Waals surface area contributed by atoms with Crippen LogP contribution in [0.25, 0.3) is 10.8 Å². The van der Waals surface area contributed by atoms with Crippen molar-refractivity contribution in [3.63, 3.8) is 0 Å². The van der Waals surface area contributed by atoms with E-state index in [0.29, 0.717) is 32.0 Å². The maximum absolute atomic E-state index is 13.0. The monoisotopic (exact) mass is 408 g/mol. The number of nitrogens with one attached hydrogen (secondary N) is 1. The number of piperidine rings is 1. The number of rotatable bonds is 5. The summed E-state index contributed by atoms with van der Waals surface area (Å²) in [6.07, 6.45) is 8.16. The molecule has 0 aromatic heterocycles. The Hall–Kier alpha value is -2.56. The molecule has 1 aliphatic carbocycles. The molecule has 2 fully saturated rings. The summed E-state index contributed by atoms with van der Waals surface area (Å²) in [6, 6.07) is 12.5. The highest BCUT2D eigenvalue weighted by Crippen LogP contribution is 2.29. The molecule has 30 heavy (non-hydrogen) atoms. The second kappa shape index (κ2) is 9.50. The molecule has 0 bridgehead atoms. The van der Waals surface area contributed by atoms with E-state index in [0.717, 1.165) is 34.9 Å². The lowest BCUT2D eigenvalue weighted by Gasteiger charge is -2.37. The molecule has 2 amide bonds. The van der Waals surface area contributed by atoms with Crippen LogP contribution in [0.15, 0.2) is 36.4 Å². The van der Waals surface area contributed by atoms with Gasteiger partial charge in [0.05, 0.1) is 13.0 Å². The van der Waals surface area contributed by atoms with Crippen molar-refractivity contribution < 1.29 is 14.3 Å². The molecule has 1 heterocycles. The van der Waals surface area contributed by atoms with Gasteiger partial charge in [0.1, 0.15) is 5.75 Å². The zero-order valence-electron chi connectivity index (χ0n) is 17.9. The smallest absolute Gasteiger partial charge is 0.225 e. The predicted molar refractivity (Wildman–Crippen MR) is 118 cm³/mol. The molecule has 0 radical (unpaired) electrons. The molecule has 160 valence electrons.